The van der Waals surface area contributed by atoms with Crippen molar-refractivity contribution in [2.45, 2.75) is 91.0 Å². The van der Waals surface area contributed by atoms with E-state index in [4.69, 9.17) is 9.47 Å². The van der Waals surface area contributed by atoms with Gasteiger partial charge >= 0.3 is 6.09 Å². The van der Waals surface area contributed by atoms with E-state index in [0.29, 0.717) is 37.3 Å². The SMILES string of the molecule is CC(CC1COCCN1C(=O)OC(C)(C)C)NC1CCCC1(C)C. The monoisotopic (exact) mass is 340 g/mol. The highest BCUT2D eigenvalue weighted by Gasteiger charge is 2.36. The second-order valence-electron chi connectivity index (χ2n) is 9.14. The first kappa shape index (κ1) is 19.5. The summed E-state index contributed by atoms with van der Waals surface area (Å²) >= 11 is 0. The number of carbonyl (C=O) groups is 1. The first-order valence-electron chi connectivity index (χ1n) is 9.42. The topological polar surface area (TPSA) is 50.8 Å². The highest BCUT2D eigenvalue weighted by atomic mass is 16.6. The molecule has 3 atom stereocenters. The average Bonchev–Trinajstić information content (AvgIpc) is 2.76. The Bertz CT molecular complexity index is 431. The van der Waals surface area contributed by atoms with Gasteiger partial charge in [0.15, 0.2) is 0 Å². The number of ether oxygens (including phenoxy) is 2. The molecule has 5 heteroatoms. The van der Waals surface area contributed by atoms with Gasteiger partial charge in [0.2, 0.25) is 0 Å². The van der Waals surface area contributed by atoms with Crippen LogP contribution in [0.5, 0.6) is 0 Å². The summed E-state index contributed by atoms with van der Waals surface area (Å²) in [7, 11) is 0. The van der Waals surface area contributed by atoms with Gasteiger partial charge in [0.05, 0.1) is 19.3 Å². The second kappa shape index (κ2) is 7.61. The van der Waals surface area contributed by atoms with Crippen molar-refractivity contribution < 1.29 is 14.3 Å². The van der Waals surface area contributed by atoms with E-state index in [-0.39, 0.29) is 12.1 Å². The summed E-state index contributed by atoms with van der Waals surface area (Å²) in [5.74, 6) is 0. The lowest BCUT2D eigenvalue weighted by Crippen LogP contribution is -2.53. The van der Waals surface area contributed by atoms with Gasteiger partial charge < -0.3 is 19.7 Å². The molecule has 2 rings (SSSR count). The third kappa shape index (κ3) is 5.35. The minimum atomic E-state index is -0.461. The number of carbonyl (C=O) groups excluding carboxylic acids is 1. The van der Waals surface area contributed by atoms with Crippen LogP contribution in [0.3, 0.4) is 0 Å². The maximum Gasteiger partial charge on any atom is 0.410 e. The fourth-order valence-corrected chi connectivity index (χ4v) is 3.87. The van der Waals surface area contributed by atoms with Gasteiger partial charge in [-0.25, -0.2) is 4.79 Å². The summed E-state index contributed by atoms with van der Waals surface area (Å²) in [6, 6.07) is 0.997. The Morgan fingerprint density at radius 2 is 2.12 bits per heavy atom. The molecule has 1 N–H and O–H groups in total. The van der Waals surface area contributed by atoms with Gasteiger partial charge in [-0.15, -0.1) is 0 Å². The fraction of sp³-hybridized carbons (Fsp3) is 0.947. The smallest absolute Gasteiger partial charge is 0.410 e. The third-order valence-corrected chi connectivity index (χ3v) is 5.22. The van der Waals surface area contributed by atoms with Crippen molar-refractivity contribution in [3.63, 3.8) is 0 Å². The molecular weight excluding hydrogens is 304 g/mol. The van der Waals surface area contributed by atoms with E-state index in [1.54, 1.807) is 0 Å². The Hall–Kier alpha value is -0.810. The summed E-state index contributed by atoms with van der Waals surface area (Å²) in [6.07, 6.45) is 4.51. The molecule has 2 fully saturated rings. The third-order valence-electron chi connectivity index (χ3n) is 5.22. The molecule has 140 valence electrons. The lowest BCUT2D eigenvalue weighted by Gasteiger charge is -2.39. The molecule has 2 aliphatic rings. The molecule has 0 aromatic rings. The van der Waals surface area contributed by atoms with E-state index in [0.717, 1.165) is 6.42 Å². The van der Waals surface area contributed by atoms with Crippen molar-refractivity contribution in [1.82, 2.24) is 10.2 Å². The van der Waals surface area contributed by atoms with Crippen molar-refractivity contribution in [3.8, 4) is 0 Å². The second-order valence-corrected chi connectivity index (χ2v) is 9.14. The van der Waals surface area contributed by atoms with Crippen molar-refractivity contribution in [2.24, 2.45) is 5.41 Å². The van der Waals surface area contributed by atoms with Crippen molar-refractivity contribution in [1.29, 1.82) is 0 Å². The average molecular weight is 341 g/mol. The van der Waals surface area contributed by atoms with Crippen LogP contribution in [0.2, 0.25) is 0 Å². The molecule has 5 nitrogen and oxygen atoms in total. The number of amides is 1. The maximum atomic E-state index is 12.5. The van der Waals surface area contributed by atoms with Gasteiger partial charge in [-0.05, 0) is 52.4 Å². The van der Waals surface area contributed by atoms with E-state index in [9.17, 15) is 4.79 Å². The van der Waals surface area contributed by atoms with Crippen LogP contribution >= 0.6 is 0 Å². The molecule has 1 aliphatic heterocycles. The van der Waals surface area contributed by atoms with Crippen LogP contribution in [0.15, 0.2) is 0 Å². The maximum absolute atomic E-state index is 12.5. The Labute approximate surface area is 147 Å². The van der Waals surface area contributed by atoms with Crippen LogP contribution in [0.4, 0.5) is 4.79 Å². The summed E-state index contributed by atoms with van der Waals surface area (Å²) in [5.41, 5.74) is -0.0974. The van der Waals surface area contributed by atoms with Gasteiger partial charge in [-0.1, -0.05) is 20.3 Å². The van der Waals surface area contributed by atoms with Crippen LogP contribution in [-0.2, 0) is 9.47 Å². The van der Waals surface area contributed by atoms with Crippen LogP contribution < -0.4 is 5.32 Å². The first-order chi connectivity index (χ1) is 11.1. The normalized spacial score (nSPS) is 28.7. The molecule has 3 unspecified atom stereocenters. The standard InChI is InChI=1S/C19H36N2O3/c1-14(20-16-8-7-9-19(16,5)6)12-15-13-23-11-10-21(15)17(22)24-18(2,3)4/h14-16,20H,7-13H2,1-6H3. The molecule has 0 spiro atoms. The minimum Gasteiger partial charge on any atom is -0.444 e. The molecule has 1 amide bonds. The Kier molecular flexibility index (Phi) is 6.19. The number of nitrogens with one attached hydrogen (secondary N) is 1. The highest BCUT2D eigenvalue weighted by Crippen LogP contribution is 2.37. The molecule has 0 bridgehead atoms. The first-order valence-corrected chi connectivity index (χ1v) is 9.42. The van der Waals surface area contributed by atoms with Crippen molar-refractivity contribution in [2.75, 3.05) is 19.8 Å². The molecule has 1 saturated heterocycles. The van der Waals surface area contributed by atoms with Gasteiger partial charge in [0.25, 0.3) is 0 Å². The van der Waals surface area contributed by atoms with E-state index in [2.05, 4.69) is 26.1 Å². The molecule has 1 aliphatic carbocycles. The molecule has 1 heterocycles. The molecular formula is C19H36N2O3. The van der Waals surface area contributed by atoms with E-state index in [1.165, 1.54) is 19.3 Å². The Morgan fingerprint density at radius 3 is 2.71 bits per heavy atom. The van der Waals surface area contributed by atoms with E-state index >= 15 is 0 Å². The Morgan fingerprint density at radius 1 is 1.42 bits per heavy atom. The fourth-order valence-electron chi connectivity index (χ4n) is 3.87. The summed E-state index contributed by atoms with van der Waals surface area (Å²) in [6.45, 7) is 14.4. The molecule has 0 radical (unpaired) electrons. The Balaban J connectivity index is 1.91. The predicted octanol–water partition coefficient (Wildman–Crippen LogP) is 3.57. The zero-order valence-corrected chi connectivity index (χ0v) is 16.4. The number of hydrogen-bond donors (Lipinski definition) is 1. The molecule has 24 heavy (non-hydrogen) atoms. The minimum absolute atomic E-state index is 0.0839. The molecule has 1 saturated carbocycles. The number of nitrogens with zero attached hydrogens (tertiary/aromatic N) is 1. The summed E-state index contributed by atoms with van der Waals surface area (Å²) in [5, 5.41) is 3.79. The quantitative estimate of drug-likeness (QED) is 0.850. The summed E-state index contributed by atoms with van der Waals surface area (Å²) < 4.78 is 11.2. The lowest BCUT2D eigenvalue weighted by atomic mass is 9.86. The van der Waals surface area contributed by atoms with Gasteiger partial charge in [-0.3, -0.25) is 0 Å². The molecule has 0 aromatic heterocycles. The van der Waals surface area contributed by atoms with Crippen LogP contribution in [0.1, 0.15) is 67.2 Å². The predicted molar refractivity (Wildman–Crippen MR) is 96.2 cm³/mol. The largest absolute Gasteiger partial charge is 0.444 e. The van der Waals surface area contributed by atoms with E-state index < -0.39 is 5.60 Å². The number of hydrogen-bond acceptors (Lipinski definition) is 4. The number of morpholine rings is 1. The highest BCUT2D eigenvalue weighted by molar-refractivity contribution is 5.68. The van der Waals surface area contributed by atoms with Gasteiger partial charge in [0.1, 0.15) is 5.60 Å². The lowest BCUT2D eigenvalue weighted by molar-refractivity contribution is -0.0359. The number of rotatable bonds is 4. The zero-order chi connectivity index (χ0) is 18.0. The van der Waals surface area contributed by atoms with Gasteiger partial charge in [-0.2, -0.15) is 0 Å². The summed E-state index contributed by atoms with van der Waals surface area (Å²) in [4.78, 5) is 14.3. The molecule has 0 aromatic carbocycles. The van der Waals surface area contributed by atoms with E-state index in [1.807, 2.05) is 25.7 Å². The van der Waals surface area contributed by atoms with Crippen molar-refractivity contribution in [3.05, 3.63) is 0 Å². The van der Waals surface area contributed by atoms with Crippen LogP contribution in [-0.4, -0.2) is 54.5 Å². The van der Waals surface area contributed by atoms with Crippen LogP contribution in [0, 0.1) is 5.41 Å². The van der Waals surface area contributed by atoms with Crippen LogP contribution in [0.25, 0.3) is 0 Å². The van der Waals surface area contributed by atoms with Crippen molar-refractivity contribution >= 4 is 6.09 Å². The zero-order valence-electron chi connectivity index (χ0n) is 16.4. The van der Waals surface area contributed by atoms with Gasteiger partial charge in [0, 0.05) is 18.6 Å².